The quantitative estimate of drug-likeness (QED) is 0.687. The average Bonchev–Trinajstić information content (AvgIpc) is 2.37. The number of methoxy groups -OCH3 is 1. The van der Waals surface area contributed by atoms with E-state index in [0.717, 1.165) is 6.61 Å². The Morgan fingerprint density at radius 2 is 2.00 bits per heavy atom. The van der Waals surface area contributed by atoms with E-state index in [1.807, 2.05) is 0 Å². The lowest BCUT2D eigenvalue weighted by Gasteiger charge is -2.31. The highest BCUT2D eigenvalue weighted by molar-refractivity contribution is 4.80. The first-order chi connectivity index (χ1) is 8.30. The molecule has 0 amide bonds. The minimum absolute atomic E-state index is 0.365. The van der Waals surface area contributed by atoms with Gasteiger partial charge in [0.1, 0.15) is 0 Å². The summed E-state index contributed by atoms with van der Waals surface area (Å²) in [4.78, 5) is 0. The summed E-state index contributed by atoms with van der Waals surface area (Å²) in [5, 5.41) is 12.8. The SMILES string of the molecule is CCCCC(COC)NC1CCC(CO)CC1. The van der Waals surface area contributed by atoms with E-state index in [9.17, 15) is 0 Å². The number of aliphatic hydroxyl groups excluding tert-OH is 1. The number of hydrogen-bond acceptors (Lipinski definition) is 3. The Labute approximate surface area is 106 Å². The van der Waals surface area contributed by atoms with E-state index in [1.165, 1.54) is 44.9 Å². The van der Waals surface area contributed by atoms with Crippen LogP contribution in [-0.2, 0) is 4.74 Å². The molecule has 3 heteroatoms. The molecule has 0 aliphatic heterocycles. The van der Waals surface area contributed by atoms with Gasteiger partial charge in [0.25, 0.3) is 0 Å². The zero-order valence-corrected chi connectivity index (χ0v) is 11.5. The highest BCUT2D eigenvalue weighted by Crippen LogP contribution is 2.24. The summed E-state index contributed by atoms with van der Waals surface area (Å²) in [7, 11) is 1.78. The lowest BCUT2D eigenvalue weighted by atomic mass is 9.86. The number of nitrogens with one attached hydrogen (secondary N) is 1. The van der Waals surface area contributed by atoms with Crippen LogP contribution < -0.4 is 5.32 Å². The summed E-state index contributed by atoms with van der Waals surface area (Å²) >= 11 is 0. The van der Waals surface area contributed by atoms with E-state index in [-0.39, 0.29) is 0 Å². The molecule has 3 nitrogen and oxygen atoms in total. The van der Waals surface area contributed by atoms with Gasteiger partial charge in [-0.05, 0) is 38.0 Å². The standard InChI is InChI=1S/C14H29NO2/c1-3-4-5-14(11-17-2)15-13-8-6-12(10-16)7-9-13/h12-16H,3-11H2,1-2H3. The highest BCUT2D eigenvalue weighted by atomic mass is 16.5. The molecule has 17 heavy (non-hydrogen) atoms. The van der Waals surface area contributed by atoms with Crippen LogP contribution in [0.1, 0.15) is 51.9 Å². The van der Waals surface area contributed by atoms with Crippen LogP contribution >= 0.6 is 0 Å². The van der Waals surface area contributed by atoms with Gasteiger partial charge in [-0.15, -0.1) is 0 Å². The number of ether oxygens (including phenoxy) is 1. The summed E-state index contributed by atoms with van der Waals surface area (Å²) < 4.78 is 5.28. The molecule has 0 spiro atoms. The van der Waals surface area contributed by atoms with E-state index < -0.39 is 0 Å². The topological polar surface area (TPSA) is 41.5 Å². The predicted molar refractivity (Wildman–Crippen MR) is 71.2 cm³/mol. The van der Waals surface area contributed by atoms with Gasteiger partial charge in [-0.3, -0.25) is 0 Å². The first-order valence-corrected chi connectivity index (χ1v) is 7.16. The van der Waals surface area contributed by atoms with Crippen LogP contribution in [0, 0.1) is 5.92 Å². The van der Waals surface area contributed by atoms with Crippen LogP contribution in [-0.4, -0.2) is 37.5 Å². The van der Waals surface area contributed by atoms with E-state index in [1.54, 1.807) is 7.11 Å². The maximum Gasteiger partial charge on any atom is 0.0615 e. The van der Waals surface area contributed by atoms with Crippen molar-refractivity contribution in [3.05, 3.63) is 0 Å². The molecule has 0 aromatic carbocycles. The second-order valence-corrected chi connectivity index (χ2v) is 5.36. The molecule has 0 aromatic rings. The van der Waals surface area contributed by atoms with Crippen molar-refractivity contribution in [3.8, 4) is 0 Å². The molecule has 1 aliphatic carbocycles. The zero-order valence-electron chi connectivity index (χ0n) is 11.5. The Morgan fingerprint density at radius 1 is 1.29 bits per heavy atom. The van der Waals surface area contributed by atoms with Crippen LogP contribution in [0.4, 0.5) is 0 Å². The third kappa shape index (κ3) is 5.84. The third-order valence-electron chi connectivity index (χ3n) is 3.85. The number of unbranched alkanes of at least 4 members (excludes halogenated alkanes) is 1. The molecule has 1 fully saturated rings. The van der Waals surface area contributed by atoms with Crippen molar-refractivity contribution in [1.82, 2.24) is 5.32 Å². The van der Waals surface area contributed by atoms with Crippen molar-refractivity contribution in [1.29, 1.82) is 0 Å². The van der Waals surface area contributed by atoms with Crippen LogP contribution in [0.5, 0.6) is 0 Å². The molecule has 2 N–H and O–H groups in total. The van der Waals surface area contributed by atoms with Gasteiger partial charge in [-0.25, -0.2) is 0 Å². The molecule has 0 saturated heterocycles. The molecule has 1 aliphatic rings. The molecule has 102 valence electrons. The summed E-state index contributed by atoms with van der Waals surface area (Å²) in [6.07, 6.45) is 8.48. The van der Waals surface area contributed by atoms with Gasteiger partial charge >= 0.3 is 0 Å². The second-order valence-electron chi connectivity index (χ2n) is 5.36. The fourth-order valence-corrected chi connectivity index (χ4v) is 2.71. The van der Waals surface area contributed by atoms with Gasteiger partial charge in [0.05, 0.1) is 6.61 Å². The van der Waals surface area contributed by atoms with Crippen molar-refractivity contribution < 1.29 is 9.84 Å². The van der Waals surface area contributed by atoms with Gasteiger partial charge in [0.2, 0.25) is 0 Å². The Balaban J connectivity index is 2.24. The van der Waals surface area contributed by atoms with Crippen molar-refractivity contribution >= 4 is 0 Å². The van der Waals surface area contributed by atoms with Gasteiger partial charge in [0.15, 0.2) is 0 Å². The van der Waals surface area contributed by atoms with Gasteiger partial charge < -0.3 is 15.2 Å². The molecule has 1 unspecified atom stereocenters. The van der Waals surface area contributed by atoms with Crippen LogP contribution in [0.2, 0.25) is 0 Å². The monoisotopic (exact) mass is 243 g/mol. The maximum absolute atomic E-state index is 9.12. The molecule has 0 aromatic heterocycles. The first-order valence-electron chi connectivity index (χ1n) is 7.16. The Morgan fingerprint density at radius 3 is 2.53 bits per heavy atom. The normalized spacial score (nSPS) is 27.0. The van der Waals surface area contributed by atoms with Crippen molar-refractivity contribution in [2.24, 2.45) is 5.92 Å². The number of aliphatic hydroxyl groups is 1. The molecule has 1 rings (SSSR count). The van der Waals surface area contributed by atoms with Gasteiger partial charge in [-0.2, -0.15) is 0 Å². The lowest BCUT2D eigenvalue weighted by Crippen LogP contribution is -2.43. The summed E-state index contributed by atoms with van der Waals surface area (Å²) in [6.45, 7) is 3.42. The van der Waals surface area contributed by atoms with Crippen LogP contribution in [0.3, 0.4) is 0 Å². The molecule has 1 atom stereocenters. The Bertz CT molecular complexity index is 179. The smallest absolute Gasteiger partial charge is 0.0615 e. The Hall–Kier alpha value is -0.120. The van der Waals surface area contributed by atoms with Gasteiger partial charge in [-0.1, -0.05) is 19.8 Å². The Kier molecular flexibility index (Phi) is 7.82. The summed E-state index contributed by atoms with van der Waals surface area (Å²) in [5.74, 6) is 0.546. The maximum atomic E-state index is 9.12. The van der Waals surface area contributed by atoms with E-state index in [0.29, 0.717) is 24.6 Å². The molecule has 0 radical (unpaired) electrons. The minimum Gasteiger partial charge on any atom is -0.396 e. The second kappa shape index (κ2) is 8.90. The van der Waals surface area contributed by atoms with Gasteiger partial charge in [0, 0.05) is 25.8 Å². The molecule has 0 bridgehead atoms. The minimum atomic E-state index is 0.365. The number of rotatable bonds is 8. The largest absolute Gasteiger partial charge is 0.396 e. The highest BCUT2D eigenvalue weighted by Gasteiger charge is 2.22. The van der Waals surface area contributed by atoms with Crippen LogP contribution in [0.25, 0.3) is 0 Å². The third-order valence-corrected chi connectivity index (χ3v) is 3.85. The molecule has 1 saturated carbocycles. The lowest BCUT2D eigenvalue weighted by molar-refractivity contribution is 0.136. The average molecular weight is 243 g/mol. The summed E-state index contributed by atoms with van der Waals surface area (Å²) in [5.41, 5.74) is 0. The molecular formula is C14H29NO2. The first kappa shape index (κ1) is 14.9. The predicted octanol–water partition coefficient (Wildman–Crippen LogP) is 2.33. The fraction of sp³-hybridized carbons (Fsp3) is 1.00. The summed E-state index contributed by atoms with van der Waals surface area (Å²) in [6, 6.07) is 1.14. The molecule has 0 heterocycles. The van der Waals surface area contributed by atoms with Crippen molar-refractivity contribution in [2.45, 2.75) is 64.0 Å². The van der Waals surface area contributed by atoms with E-state index in [4.69, 9.17) is 9.84 Å². The van der Waals surface area contributed by atoms with E-state index in [2.05, 4.69) is 12.2 Å². The number of hydrogen-bond donors (Lipinski definition) is 2. The zero-order chi connectivity index (χ0) is 12.5. The van der Waals surface area contributed by atoms with Crippen molar-refractivity contribution in [3.63, 3.8) is 0 Å². The van der Waals surface area contributed by atoms with Crippen molar-refractivity contribution in [2.75, 3.05) is 20.3 Å². The van der Waals surface area contributed by atoms with Crippen LogP contribution in [0.15, 0.2) is 0 Å². The fourth-order valence-electron chi connectivity index (χ4n) is 2.71. The molecular weight excluding hydrogens is 214 g/mol. The van der Waals surface area contributed by atoms with E-state index >= 15 is 0 Å².